The number of carbonyl (C=O) groups excluding carboxylic acids is 2. The third-order valence-corrected chi connectivity index (χ3v) is 2.81. The Morgan fingerprint density at radius 3 is 2.75 bits per heavy atom. The van der Waals surface area contributed by atoms with Crippen LogP contribution in [0, 0.1) is 6.92 Å². The lowest BCUT2D eigenvalue weighted by atomic mass is 10.3. The van der Waals surface area contributed by atoms with Gasteiger partial charge in [0.15, 0.2) is 0 Å². The number of methoxy groups -OCH3 is 1. The van der Waals surface area contributed by atoms with E-state index in [1.807, 2.05) is 6.92 Å². The largest absolute Gasteiger partial charge is 0.465 e. The molecule has 0 radical (unpaired) electrons. The molecule has 0 aliphatic heterocycles. The van der Waals surface area contributed by atoms with Crippen molar-refractivity contribution in [3.8, 4) is 0 Å². The van der Waals surface area contributed by atoms with Gasteiger partial charge < -0.3 is 10.1 Å². The Morgan fingerprint density at radius 1 is 1.45 bits per heavy atom. The maximum Gasteiger partial charge on any atom is 0.345 e. The number of nitrogens with zero attached hydrogens (tertiary/aromatic N) is 2. The lowest BCUT2D eigenvalue weighted by Gasteiger charge is -2.10. The molecular formula is C13H19N3O4. The van der Waals surface area contributed by atoms with Crippen molar-refractivity contribution in [3.63, 3.8) is 0 Å². The van der Waals surface area contributed by atoms with Gasteiger partial charge in [0, 0.05) is 12.7 Å². The van der Waals surface area contributed by atoms with Crippen LogP contribution in [-0.2, 0) is 16.1 Å². The van der Waals surface area contributed by atoms with Crippen molar-refractivity contribution in [2.45, 2.75) is 33.2 Å². The molecule has 0 aliphatic rings. The van der Waals surface area contributed by atoms with E-state index < -0.39 is 11.5 Å². The van der Waals surface area contributed by atoms with Gasteiger partial charge in [-0.05, 0) is 13.3 Å². The van der Waals surface area contributed by atoms with E-state index >= 15 is 0 Å². The molecule has 20 heavy (non-hydrogen) atoms. The van der Waals surface area contributed by atoms with E-state index in [9.17, 15) is 14.4 Å². The smallest absolute Gasteiger partial charge is 0.345 e. The highest BCUT2D eigenvalue weighted by atomic mass is 16.5. The minimum Gasteiger partial charge on any atom is -0.465 e. The Labute approximate surface area is 117 Å². The fraction of sp³-hybridized carbons (Fsp3) is 0.538. The zero-order chi connectivity index (χ0) is 15.1. The lowest BCUT2D eigenvalue weighted by molar-refractivity contribution is -0.121. The van der Waals surface area contributed by atoms with Crippen molar-refractivity contribution in [1.29, 1.82) is 0 Å². The molecule has 110 valence electrons. The molecule has 1 rings (SSSR count). The molecule has 1 aromatic rings. The molecule has 0 saturated heterocycles. The molecule has 0 bridgehead atoms. The molecule has 0 spiro atoms. The van der Waals surface area contributed by atoms with Gasteiger partial charge in [-0.1, -0.05) is 13.3 Å². The van der Waals surface area contributed by atoms with Gasteiger partial charge >= 0.3 is 5.97 Å². The number of nitrogens with one attached hydrogen (secondary N) is 1. The minimum atomic E-state index is -0.761. The molecule has 0 aliphatic carbocycles. The molecule has 1 heterocycles. The standard InChI is InChI=1S/C13H19N3O4/c1-4-5-6-14-11(17)8-16-9(2)15-7-10(12(16)18)13(19)20-3/h7H,4-6,8H2,1-3H3,(H,14,17). The predicted molar refractivity (Wildman–Crippen MR) is 72.5 cm³/mol. The van der Waals surface area contributed by atoms with E-state index in [0.29, 0.717) is 12.4 Å². The van der Waals surface area contributed by atoms with Crippen LogP contribution in [-0.4, -0.2) is 35.1 Å². The van der Waals surface area contributed by atoms with Crippen LogP contribution in [0.1, 0.15) is 35.9 Å². The van der Waals surface area contributed by atoms with Crippen LogP contribution in [0.4, 0.5) is 0 Å². The Bertz CT molecular complexity index is 551. The highest BCUT2D eigenvalue weighted by Crippen LogP contribution is 1.96. The van der Waals surface area contributed by atoms with E-state index in [1.54, 1.807) is 6.92 Å². The summed E-state index contributed by atoms with van der Waals surface area (Å²) in [4.78, 5) is 39.2. The molecule has 1 amide bonds. The van der Waals surface area contributed by atoms with E-state index in [0.717, 1.165) is 23.6 Å². The van der Waals surface area contributed by atoms with Gasteiger partial charge in [-0.3, -0.25) is 14.2 Å². The summed E-state index contributed by atoms with van der Waals surface area (Å²) in [5.74, 6) is -0.677. The number of aryl methyl sites for hydroxylation is 1. The summed E-state index contributed by atoms with van der Waals surface area (Å²) in [6, 6.07) is 0. The highest BCUT2D eigenvalue weighted by molar-refractivity contribution is 5.88. The minimum absolute atomic E-state index is 0.161. The van der Waals surface area contributed by atoms with Crippen molar-refractivity contribution < 1.29 is 14.3 Å². The normalized spacial score (nSPS) is 10.2. The van der Waals surface area contributed by atoms with E-state index in [2.05, 4.69) is 15.0 Å². The van der Waals surface area contributed by atoms with Gasteiger partial charge in [-0.25, -0.2) is 9.78 Å². The number of unbranched alkanes of at least 4 members (excludes halogenated alkanes) is 1. The molecule has 0 fully saturated rings. The number of rotatable bonds is 6. The van der Waals surface area contributed by atoms with Gasteiger partial charge in [0.2, 0.25) is 5.91 Å². The second-order valence-electron chi connectivity index (χ2n) is 4.31. The Hall–Kier alpha value is -2.18. The van der Waals surface area contributed by atoms with Crippen molar-refractivity contribution in [2.24, 2.45) is 0 Å². The van der Waals surface area contributed by atoms with Gasteiger partial charge in [0.05, 0.1) is 7.11 Å². The Morgan fingerprint density at radius 2 is 2.15 bits per heavy atom. The van der Waals surface area contributed by atoms with Crippen LogP contribution in [0.5, 0.6) is 0 Å². The molecule has 1 N–H and O–H groups in total. The van der Waals surface area contributed by atoms with Crippen LogP contribution in [0.2, 0.25) is 0 Å². The average molecular weight is 281 g/mol. The van der Waals surface area contributed by atoms with Crippen LogP contribution in [0.3, 0.4) is 0 Å². The van der Waals surface area contributed by atoms with Crippen molar-refractivity contribution >= 4 is 11.9 Å². The molecule has 0 saturated carbocycles. The van der Waals surface area contributed by atoms with E-state index in [4.69, 9.17) is 0 Å². The molecule has 7 heteroatoms. The summed E-state index contributed by atoms with van der Waals surface area (Å²) in [7, 11) is 1.18. The molecule has 1 aromatic heterocycles. The van der Waals surface area contributed by atoms with Gasteiger partial charge in [0.25, 0.3) is 5.56 Å². The van der Waals surface area contributed by atoms with Crippen molar-refractivity contribution in [3.05, 3.63) is 27.9 Å². The number of ether oxygens (including phenoxy) is 1. The number of esters is 1. The maximum atomic E-state index is 12.1. The zero-order valence-electron chi connectivity index (χ0n) is 11.9. The summed E-state index contributed by atoms with van der Waals surface area (Å²) >= 11 is 0. The first-order valence-corrected chi connectivity index (χ1v) is 6.42. The summed E-state index contributed by atoms with van der Waals surface area (Å²) in [5, 5.41) is 2.71. The van der Waals surface area contributed by atoms with Crippen LogP contribution in [0.15, 0.2) is 11.0 Å². The Balaban J connectivity index is 2.92. The molecule has 0 unspecified atom stereocenters. The fourth-order valence-electron chi connectivity index (χ4n) is 1.62. The zero-order valence-corrected chi connectivity index (χ0v) is 11.9. The second-order valence-corrected chi connectivity index (χ2v) is 4.31. The maximum absolute atomic E-state index is 12.1. The van der Waals surface area contributed by atoms with Crippen molar-refractivity contribution in [1.82, 2.24) is 14.9 Å². The Kier molecular flexibility index (Phi) is 5.89. The summed E-state index contributed by atoms with van der Waals surface area (Å²) < 4.78 is 5.66. The third-order valence-electron chi connectivity index (χ3n) is 2.81. The molecule has 7 nitrogen and oxygen atoms in total. The number of carbonyl (C=O) groups is 2. The molecule has 0 aromatic carbocycles. The summed E-state index contributed by atoms with van der Waals surface area (Å²) in [6.07, 6.45) is 3.01. The van der Waals surface area contributed by atoms with Crippen LogP contribution < -0.4 is 10.9 Å². The topological polar surface area (TPSA) is 90.3 Å². The summed E-state index contributed by atoms with van der Waals surface area (Å²) in [5.41, 5.74) is -0.755. The predicted octanol–water partition coefficient (Wildman–Crippen LogP) is 0.255. The number of amides is 1. The van der Waals surface area contributed by atoms with Crippen LogP contribution >= 0.6 is 0 Å². The van der Waals surface area contributed by atoms with E-state index in [1.165, 1.54) is 7.11 Å². The first kappa shape index (κ1) is 15.9. The van der Waals surface area contributed by atoms with E-state index in [-0.39, 0.29) is 18.0 Å². The lowest BCUT2D eigenvalue weighted by Crippen LogP contribution is -2.36. The number of hydrogen-bond donors (Lipinski definition) is 1. The van der Waals surface area contributed by atoms with Crippen molar-refractivity contribution in [2.75, 3.05) is 13.7 Å². The third kappa shape index (κ3) is 3.91. The van der Waals surface area contributed by atoms with Gasteiger partial charge in [-0.15, -0.1) is 0 Å². The number of hydrogen-bond acceptors (Lipinski definition) is 5. The fourth-order valence-corrected chi connectivity index (χ4v) is 1.62. The second kappa shape index (κ2) is 7.42. The molecule has 0 atom stereocenters. The average Bonchev–Trinajstić information content (AvgIpc) is 2.43. The summed E-state index contributed by atoms with van der Waals surface area (Å²) in [6.45, 7) is 4.02. The quantitative estimate of drug-likeness (QED) is 0.596. The first-order chi connectivity index (χ1) is 9.51. The monoisotopic (exact) mass is 281 g/mol. The SMILES string of the molecule is CCCCNC(=O)Cn1c(C)ncc(C(=O)OC)c1=O. The number of aromatic nitrogens is 2. The molecular weight excluding hydrogens is 262 g/mol. The van der Waals surface area contributed by atoms with Crippen LogP contribution in [0.25, 0.3) is 0 Å². The first-order valence-electron chi connectivity index (χ1n) is 6.42. The highest BCUT2D eigenvalue weighted by Gasteiger charge is 2.16. The van der Waals surface area contributed by atoms with Gasteiger partial charge in [0.1, 0.15) is 17.9 Å². The van der Waals surface area contributed by atoms with Gasteiger partial charge in [-0.2, -0.15) is 0 Å².